The topological polar surface area (TPSA) is 33.1 Å². The second-order valence-electron chi connectivity index (χ2n) is 2.88. The molecule has 74 valence electrons. The summed E-state index contributed by atoms with van der Waals surface area (Å²) in [4.78, 5) is 0. The Morgan fingerprint density at radius 2 is 2.14 bits per heavy atom. The molecule has 1 atom stereocenters. The molecule has 1 N–H and O–H groups in total. The van der Waals surface area contributed by atoms with Gasteiger partial charge in [-0.1, -0.05) is 41.0 Å². The summed E-state index contributed by atoms with van der Waals surface area (Å²) in [6.45, 7) is 0. The minimum absolute atomic E-state index is 0.0673. The van der Waals surface area contributed by atoms with Crippen LogP contribution < -0.4 is 0 Å². The maximum atomic E-state index is 7.31. The molecule has 0 spiro atoms. The minimum atomic E-state index is -0.0673. The van der Waals surface area contributed by atoms with Gasteiger partial charge in [-0.2, -0.15) is 0 Å². The van der Waals surface area contributed by atoms with Gasteiger partial charge in [-0.25, -0.2) is 0 Å². The van der Waals surface area contributed by atoms with E-state index in [2.05, 4.69) is 0 Å². The van der Waals surface area contributed by atoms with Crippen LogP contribution in [0, 0.1) is 5.41 Å². The van der Waals surface area contributed by atoms with Crippen molar-refractivity contribution in [2.75, 3.05) is 5.75 Å². The monoisotopic (exact) mass is 247 g/mol. The highest BCUT2D eigenvalue weighted by Crippen LogP contribution is 2.33. The summed E-state index contributed by atoms with van der Waals surface area (Å²) in [5.74, 6) is 0.761. The molecule has 2 rings (SSSR count). The van der Waals surface area contributed by atoms with Gasteiger partial charge in [0, 0.05) is 5.75 Å². The smallest absolute Gasteiger partial charge is 0.243 e. The molecule has 1 aliphatic rings. The van der Waals surface area contributed by atoms with Crippen molar-refractivity contribution in [1.29, 1.82) is 5.41 Å². The average molecular weight is 248 g/mol. The number of benzene rings is 1. The second kappa shape index (κ2) is 4.01. The molecule has 1 heterocycles. The summed E-state index contributed by atoms with van der Waals surface area (Å²) in [5.41, 5.74) is 0.967. The molecule has 1 saturated heterocycles. The van der Waals surface area contributed by atoms with Gasteiger partial charge in [0.1, 0.15) is 6.10 Å². The molecular weight excluding hydrogens is 241 g/mol. The molecule has 0 radical (unpaired) electrons. The summed E-state index contributed by atoms with van der Waals surface area (Å²) >= 11 is 13.1. The SMILES string of the molecule is N=C1O[C@@H](c2ccc(Cl)c(Cl)c2)CS1. The van der Waals surface area contributed by atoms with Crippen molar-refractivity contribution in [3.8, 4) is 0 Å². The molecule has 5 heteroatoms. The Hall–Kier alpha value is -0.380. The third kappa shape index (κ3) is 2.00. The van der Waals surface area contributed by atoms with E-state index in [-0.39, 0.29) is 11.3 Å². The number of hydrogen-bond acceptors (Lipinski definition) is 3. The first kappa shape index (κ1) is 10.1. The molecule has 0 aromatic heterocycles. The highest BCUT2D eigenvalue weighted by molar-refractivity contribution is 8.13. The van der Waals surface area contributed by atoms with Gasteiger partial charge >= 0.3 is 0 Å². The summed E-state index contributed by atoms with van der Waals surface area (Å²) in [5, 5.41) is 8.63. The Morgan fingerprint density at radius 3 is 2.71 bits per heavy atom. The van der Waals surface area contributed by atoms with Crippen LogP contribution in [0.2, 0.25) is 10.0 Å². The standard InChI is InChI=1S/C9H7Cl2NOS/c10-6-2-1-5(3-7(6)11)8-4-14-9(12)13-8/h1-3,8,12H,4H2/t8-/m1/s1. The van der Waals surface area contributed by atoms with Crippen molar-refractivity contribution in [1.82, 2.24) is 0 Å². The van der Waals surface area contributed by atoms with Crippen LogP contribution in [0.3, 0.4) is 0 Å². The third-order valence-corrected chi connectivity index (χ3v) is 3.50. The number of ether oxygens (including phenoxy) is 1. The summed E-state index contributed by atoms with van der Waals surface area (Å²) < 4.78 is 5.29. The highest BCUT2D eigenvalue weighted by Gasteiger charge is 2.23. The zero-order valence-corrected chi connectivity index (χ0v) is 9.42. The van der Waals surface area contributed by atoms with Gasteiger partial charge in [0.05, 0.1) is 10.0 Å². The van der Waals surface area contributed by atoms with Gasteiger partial charge in [0.25, 0.3) is 0 Å². The lowest BCUT2D eigenvalue weighted by Crippen LogP contribution is -2.00. The lowest BCUT2D eigenvalue weighted by molar-refractivity contribution is 0.234. The minimum Gasteiger partial charge on any atom is -0.464 e. The fraction of sp³-hybridized carbons (Fsp3) is 0.222. The zero-order valence-electron chi connectivity index (χ0n) is 7.09. The number of nitrogens with one attached hydrogen (secondary N) is 1. The molecular formula is C9H7Cl2NOS. The van der Waals surface area contributed by atoms with Crippen molar-refractivity contribution in [2.24, 2.45) is 0 Å². The largest absolute Gasteiger partial charge is 0.464 e. The van der Waals surface area contributed by atoms with Crippen molar-refractivity contribution in [2.45, 2.75) is 6.10 Å². The average Bonchev–Trinajstić information content (AvgIpc) is 2.57. The van der Waals surface area contributed by atoms with Gasteiger partial charge < -0.3 is 4.74 Å². The fourth-order valence-electron chi connectivity index (χ4n) is 1.23. The molecule has 0 aliphatic carbocycles. The van der Waals surface area contributed by atoms with Crippen LogP contribution in [0.15, 0.2) is 18.2 Å². The fourth-order valence-corrected chi connectivity index (χ4v) is 2.28. The first-order valence-corrected chi connectivity index (χ1v) is 5.74. The lowest BCUT2D eigenvalue weighted by Gasteiger charge is -2.09. The van der Waals surface area contributed by atoms with Crippen molar-refractivity contribution in [3.63, 3.8) is 0 Å². The van der Waals surface area contributed by atoms with E-state index in [0.717, 1.165) is 11.3 Å². The molecule has 2 nitrogen and oxygen atoms in total. The van der Waals surface area contributed by atoms with Crippen LogP contribution in [-0.2, 0) is 4.74 Å². The van der Waals surface area contributed by atoms with E-state index in [1.165, 1.54) is 11.8 Å². The Kier molecular flexibility index (Phi) is 2.91. The maximum absolute atomic E-state index is 7.31. The normalized spacial score (nSPS) is 21.0. The quantitative estimate of drug-likeness (QED) is 0.821. The van der Waals surface area contributed by atoms with E-state index in [1.807, 2.05) is 6.07 Å². The van der Waals surface area contributed by atoms with Crippen molar-refractivity contribution in [3.05, 3.63) is 33.8 Å². The van der Waals surface area contributed by atoms with E-state index >= 15 is 0 Å². The zero-order chi connectivity index (χ0) is 10.1. The molecule has 0 amide bonds. The number of halogens is 2. The Balaban J connectivity index is 2.24. The van der Waals surface area contributed by atoms with Crippen molar-refractivity contribution < 1.29 is 4.74 Å². The molecule has 1 aromatic rings. The van der Waals surface area contributed by atoms with Crippen LogP contribution in [0.5, 0.6) is 0 Å². The first-order valence-electron chi connectivity index (χ1n) is 4.00. The predicted molar refractivity (Wildman–Crippen MR) is 60.5 cm³/mol. The third-order valence-electron chi connectivity index (χ3n) is 1.93. The van der Waals surface area contributed by atoms with Gasteiger partial charge in [0.2, 0.25) is 5.23 Å². The number of rotatable bonds is 1. The van der Waals surface area contributed by atoms with Crippen molar-refractivity contribution >= 4 is 40.2 Å². The summed E-state index contributed by atoms with van der Waals surface area (Å²) in [7, 11) is 0. The molecule has 0 bridgehead atoms. The van der Waals surface area contributed by atoms with Crippen LogP contribution in [0.1, 0.15) is 11.7 Å². The van der Waals surface area contributed by atoms with E-state index in [4.69, 9.17) is 33.3 Å². The van der Waals surface area contributed by atoms with Gasteiger partial charge in [0.15, 0.2) is 0 Å². The van der Waals surface area contributed by atoms with Gasteiger partial charge in [-0.15, -0.1) is 0 Å². The van der Waals surface area contributed by atoms with Crippen LogP contribution >= 0.6 is 35.0 Å². The predicted octanol–water partition coefficient (Wildman–Crippen LogP) is 3.73. The van der Waals surface area contributed by atoms with E-state index in [0.29, 0.717) is 10.0 Å². The molecule has 0 unspecified atom stereocenters. The highest BCUT2D eigenvalue weighted by atomic mass is 35.5. The number of thioether (sulfide) groups is 1. The maximum Gasteiger partial charge on any atom is 0.243 e. The van der Waals surface area contributed by atoms with E-state index in [9.17, 15) is 0 Å². The van der Waals surface area contributed by atoms with Crippen LogP contribution in [-0.4, -0.2) is 11.0 Å². The second-order valence-corrected chi connectivity index (χ2v) is 4.69. The first-order chi connectivity index (χ1) is 6.66. The van der Waals surface area contributed by atoms with Gasteiger partial charge in [-0.05, 0) is 17.7 Å². The van der Waals surface area contributed by atoms with E-state index < -0.39 is 0 Å². The van der Waals surface area contributed by atoms with Gasteiger partial charge in [-0.3, -0.25) is 5.41 Å². The molecule has 14 heavy (non-hydrogen) atoms. The molecule has 1 aliphatic heterocycles. The summed E-state index contributed by atoms with van der Waals surface area (Å²) in [6.07, 6.45) is -0.0673. The molecule has 0 saturated carbocycles. The van der Waals surface area contributed by atoms with E-state index in [1.54, 1.807) is 12.1 Å². The Bertz CT molecular complexity index is 383. The summed E-state index contributed by atoms with van der Waals surface area (Å²) in [6, 6.07) is 5.40. The Labute approximate surface area is 96.0 Å². The Morgan fingerprint density at radius 1 is 1.36 bits per heavy atom. The lowest BCUT2D eigenvalue weighted by atomic mass is 10.1. The molecule has 1 fully saturated rings. The number of hydrogen-bond donors (Lipinski definition) is 1. The molecule has 1 aromatic carbocycles. The van der Waals surface area contributed by atoms with Crippen LogP contribution in [0.4, 0.5) is 0 Å². The van der Waals surface area contributed by atoms with Crippen LogP contribution in [0.25, 0.3) is 0 Å².